The van der Waals surface area contributed by atoms with E-state index < -0.39 is 0 Å². The van der Waals surface area contributed by atoms with Crippen LogP contribution in [0.15, 0.2) is 59.6 Å². The van der Waals surface area contributed by atoms with Gasteiger partial charge in [0.1, 0.15) is 0 Å². The lowest BCUT2D eigenvalue weighted by atomic mass is 10.1. The molecule has 0 bridgehead atoms. The van der Waals surface area contributed by atoms with Crippen molar-refractivity contribution in [2.75, 3.05) is 5.75 Å². The molecule has 27 heavy (non-hydrogen) atoms. The van der Waals surface area contributed by atoms with E-state index >= 15 is 0 Å². The second kappa shape index (κ2) is 8.22. The molecule has 3 nitrogen and oxygen atoms in total. The first kappa shape index (κ1) is 18.2. The van der Waals surface area contributed by atoms with Crippen LogP contribution in [0.3, 0.4) is 0 Å². The second-order valence-electron chi connectivity index (χ2n) is 7.46. The van der Waals surface area contributed by atoms with Crippen molar-refractivity contribution in [3.8, 4) is 0 Å². The van der Waals surface area contributed by atoms with Gasteiger partial charge in [-0.05, 0) is 31.4 Å². The van der Waals surface area contributed by atoms with Gasteiger partial charge in [0, 0.05) is 34.6 Å². The SMILES string of the molecule is Cc1ccc(Cn2cc(SCC(=O)NC3CCCC3)c3ccccc32)cc1. The van der Waals surface area contributed by atoms with Gasteiger partial charge in [0.25, 0.3) is 0 Å². The molecular weight excluding hydrogens is 352 g/mol. The molecule has 1 heterocycles. The van der Waals surface area contributed by atoms with E-state index in [1.165, 1.54) is 39.8 Å². The number of fused-ring (bicyclic) bond motifs is 1. The zero-order valence-electron chi connectivity index (χ0n) is 15.8. The third-order valence-electron chi connectivity index (χ3n) is 5.30. The summed E-state index contributed by atoms with van der Waals surface area (Å²) in [5.74, 6) is 0.636. The van der Waals surface area contributed by atoms with Crippen LogP contribution in [0.1, 0.15) is 36.8 Å². The Labute approximate surface area is 165 Å². The third kappa shape index (κ3) is 4.38. The van der Waals surface area contributed by atoms with Crippen LogP contribution in [0.2, 0.25) is 0 Å². The minimum Gasteiger partial charge on any atom is -0.353 e. The minimum atomic E-state index is 0.155. The van der Waals surface area contributed by atoms with Crippen molar-refractivity contribution in [2.45, 2.75) is 50.1 Å². The smallest absolute Gasteiger partial charge is 0.230 e. The summed E-state index contributed by atoms with van der Waals surface area (Å²) in [6.07, 6.45) is 6.94. The zero-order chi connectivity index (χ0) is 18.6. The number of para-hydroxylation sites is 1. The van der Waals surface area contributed by atoms with E-state index in [-0.39, 0.29) is 5.91 Å². The van der Waals surface area contributed by atoms with Crippen molar-refractivity contribution in [1.29, 1.82) is 0 Å². The molecule has 0 unspecified atom stereocenters. The van der Waals surface area contributed by atoms with E-state index in [1.807, 2.05) is 0 Å². The number of nitrogens with one attached hydrogen (secondary N) is 1. The van der Waals surface area contributed by atoms with Gasteiger partial charge in [-0.1, -0.05) is 60.9 Å². The van der Waals surface area contributed by atoms with Crippen LogP contribution in [0.25, 0.3) is 10.9 Å². The molecule has 4 rings (SSSR count). The summed E-state index contributed by atoms with van der Waals surface area (Å²) in [5.41, 5.74) is 3.79. The predicted octanol–water partition coefficient (Wildman–Crippen LogP) is 5.15. The molecule has 0 aliphatic heterocycles. The van der Waals surface area contributed by atoms with Gasteiger partial charge in [-0.15, -0.1) is 11.8 Å². The van der Waals surface area contributed by atoms with Crippen molar-refractivity contribution in [3.63, 3.8) is 0 Å². The van der Waals surface area contributed by atoms with Gasteiger partial charge in [0.15, 0.2) is 0 Å². The number of rotatable bonds is 6. The Morgan fingerprint density at radius 2 is 1.85 bits per heavy atom. The van der Waals surface area contributed by atoms with Crippen molar-refractivity contribution < 1.29 is 4.79 Å². The van der Waals surface area contributed by atoms with Crippen molar-refractivity contribution in [2.24, 2.45) is 0 Å². The molecule has 1 aliphatic carbocycles. The fourth-order valence-corrected chi connectivity index (χ4v) is 4.73. The number of carbonyl (C=O) groups is 1. The molecule has 0 radical (unpaired) electrons. The summed E-state index contributed by atoms with van der Waals surface area (Å²) in [4.78, 5) is 13.5. The van der Waals surface area contributed by atoms with Gasteiger partial charge in [0.2, 0.25) is 5.91 Å². The Bertz CT molecular complexity index is 923. The maximum atomic E-state index is 12.3. The fourth-order valence-electron chi connectivity index (χ4n) is 3.83. The number of hydrogen-bond donors (Lipinski definition) is 1. The lowest BCUT2D eigenvalue weighted by Crippen LogP contribution is -2.33. The van der Waals surface area contributed by atoms with E-state index in [4.69, 9.17) is 0 Å². The molecule has 2 aromatic carbocycles. The number of aromatic nitrogens is 1. The molecule has 1 aromatic heterocycles. The average molecular weight is 379 g/mol. The van der Waals surface area contributed by atoms with E-state index in [2.05, 4.69) is 71.5 Å². The number of thioether (sulfide) groups is 1. The molecule has 1 saturated carbocycles. The lowest BCUT2D eigenvalue weighted by molar-refractivity contribution is -0.119. The molecule has 3 aromatic rings. The van der Waals surface area contributed by atoms with Gasteiger partial charge in [0.05, 0.1) is 5.75 Å². The maximum Gasteiger partial charge on any atom is 0.230 e. The standard InChI is InChI=1S/C23H26N2OS/c1-17-10-12-18(13-11-17)14-25-15-22(20-8-4-5-9-21(20)25)27-16-23(26)24-19-6-2-3-7-19/h4-5,8-13,15,19H,2-3,6-7,14,16H2,1H3,(H,24,26). The molecule has 0 saturated heterocycles. The van der Waals surface area contributed by atoms with Crippen LogP contribution in [0, 0.1) is 6.92 Å². The van der Waals surface area contributed by atoms with Crippen LogP contribution in [0.5, 0.6) is 0 Å². The Hall–Kier alpha value is -2.20. The highest BCUT2D eigenvalue weighted by Crippen LogP contribution is 2.30. The largest absolute Gasteiger partial charge is 0.353 e. The summed E-state index contributed by atoms with van der Waals surface area (Å²) in [6, 6.07) is 17.5. The normalized spacial score (nSPS) is 14.7. The van der Waals surface area contributed by atoms with Gasteiger partial charge in [-0.25, -0.2) is 0 Å². The molecular formula is C23H26N2OS. The summed E-state index contributed by atoms with van der Waals surface area (Å²) in [7, 11) is 0. The Morgan fingerprint density at radius 1 is 1.11 bits per heavy atom. The lowest BCUT2D eigenvalue weighted by Gasteiger charge is -2.11. The summed E-state index contributed by atoms with van der Waals surface area (Å²) in [5, 5.41) is 4.41. The first-order chi connectivity index (χ1) is 13.2. The highest BCUT2D eigenvalue weighted by molar-refractivity contribution is 8.00. The minimum absolute atomic E-state index is 0.155. The van der Waals surface area contributed by atoms with Crippen LogP contribution in [0.4, 0.5) is 0 Å². The monoisotopic (exact) mass is 378 g/mol. The summed E-state index contributed by atoms with van der Waals surface area (Å²) < 4.78 is 2.29. The maximum absolute atomic E-state index is 12.3. The number of hydrogen-bond acceptors (Lipinski definition) is 2. The second-order valence-corrected chi connectivity index (χ2v) is 8.48. The molecule has 0 atom stereocenters. The topological polar surface area (TPSA) is 34.0 Å². The fraction of sp³-hybridized carbons (Fsp3) is 0.348. The van der Waals surface area contributed by atoms with Crippen LogP contribution < -0.4 is 5.32 Å². The van der Waals surface area contributed by atoms with E-state index in [0.717, 1.165) is 19.4 Å². The van der Waals surface area contributed by atoms with Gasteiger partial charge < -0.3 is 9.88 Å². The number of amides is 1. The molecule has 4 heteroatoms. The molecule has 0 spiro atoms. The van der Waals surface area contributed by atoms with Crippen molar-refractivity contribution in [3.05, 3.63) is 65.9 Å². The summed E-state index contributed by atoms with van der Waals surface area (Å²) in [6.45, 7) is 2.95. The van der Waals surface area contributed by atoms with E-state index in [1.54, 1.807) is 11.8 Å². The summed E-state index contributed by atoms with van der Waals surface area (Å²) >= 11 is 1.64. The van der Waals surface area contributed by atoms with Crippen molar-refractivity contribution >= 4 is 28.6 Å². The number of carbonyl (C=O) groups excluding carboxylic acids is 1. The van der Waals surface area contributed by atoms with Crippen LogP contribution in [-0.4, -0.2) is 22.3 Å². The highest BCUT2D eigenvalue weighted by Gasteiger charge is 2.17. The quantitative estimate of drug-likeness (QED) is 0.602. The predicted molar refractivity (Wildman–Crippen MR) is 113 cm³/mol. The molecule has 1 amide bonds. The van der Waals surface area contributed by atoms with Crippen LogP contribution >= 0.6 is 11.8 Å². The number of aryl methyl sites for hydroxylation is 1. The number of benzene rings is 2. The van der Waals surface area contributed by atoms with Crippen molar-refractivity contribution in [1.82, 2.24) is 9.88 Å². The zero-order valence-corrected chi connectivity index (χ0v) is 16.6. The van der Waals surface area contributed by atoms with Gasteiger partial charge >= 0.3 is 0 Å². The van der Waals surface area contributed by atoms with Gasteiger partial charge in [-0.3, -0.25) is 4.79 Å². The molecule has 1 N–H and O–H groups in total. The average Bonchev–Trinajstić information content (AvgIpc) is 3.30. The third-order valence-corrected chi connectivity index (χ3v) is 6.35. The first-order valence-electron chi connectivity index (χ1n) is 9.74. The van der Waals surface area contributed by atoms with Gasteiger partial charge in [-0.2, -0.15) is 0 Å². The van der Waals surface area contributed by atoms with E-state index in [9.17, 15) is 4.79 Å². The Balaban J connectivity index is 1.49. The Morgan fingerprint density at radius 3 is 2.63 bits per heavy atom. The molecule has 1 aliphatic rings. The Kier molecular flexibility index (Phi) is 5.53. The first-order valence-corrected chi connectivity index (χ1v) is 10.7. The van der Waals surface area contributed by atoms with E-state index in [0.29, 0.717) is 11.8 Å². The molecule has 140 valence electrons. The van der Waals surface area contributed by atoms with Crippen LogP contribution in [-0.2, 0) is 11.3 Å². The highest BCUT2D eigenvalue weighted by atomic mass is 32.2. The molecule has 1 fully saturated rings. The number of nitrogens with zero attached hydrogens (tertiary/aromatic N) is 1.